The Morgan fingerprint density at radius 3 is 2.45 bits per heavy atom. The van der Waals surface area contributed by atoms with Gasteiger partial charge in [0.05, 0.1) is 0 Å². The number of hydrogen-bond acceptors (Lipinski definition) is 3. The van der Waals surface area contributed by atoms with Crippen molar-refractivity contribution in [2.24, 2.45) is 0 Å². The number of nitrogens with zero attached hydrogens (tertiary/aromatic N) is 3. The fraction of sp³-hybridized carbons (Fsp3) is 0.333. The summed E-state index contributed by atoms with van der Waals surface area (Å²) < 4.78 is 22.3. The Labute approximate surface area is 135 Å². The Morgan fingerprint density at radius 1 is 1.09 bits per heavy atom. The molecule has 114 valence electrons. The molecule has 1 saturated heterocycles. The number of likely N-dealkylation sites (N-methyl/N-ethyl adjacent to an activating group) is 1. The van der Waals surface area contributed by atoms with E-state index in [4.69, 9.17) is 4.11 Å². The van der Waals surface area contributed by atoms with E-state index < -0.39 is 6.98 Å². The van der Waals surface area contributed by atoms with Gasteiger partial charge in [0.15, 0.2) is 0 Å². The number of amides is 1. The third-order valence-electron chi connectivity index (χ3n) is 3.91. The maximum atomic E-state index is 12.6. The number of aromatic nitrogens is 1. The van der Waals surface area contributed by atoms with Gasteiger partial charge >= 0.3 is 0 Å². The highest BCUT2D eigenvalue weighted by Crippen LogP contribution is 2.20. The van der Waals surface area contributed by atoms with Gasteiger partial charge in [0.1, 0.15) is 0 Å². The maximum absolute atomic E-state index is 12.6. The molecule has 22 heavy (non-hydrogen) atoms. The smallest absolute Gasteiger partial charge is 0.253 e. The highest BCUT2D eigenvalue weighted by Gasteiger charge is 2.20. The number of piperazine rings is 1. The molecule has 4 heteroatoms. The van der Waals surface area contributed by atoms with E-state index in [2.05, 4.69) is 11.1 Å². The van der Waals surface area contributed by atoms with Gasteiger partial charge in [-0.3, -0.25) is 9.78 Å². The third-order valence-corrected chi connectivity index (χ3v) is 3.91. The number of hydrogen-bond donors (Lipinski definition) is 0. The van der Waals surface area contributed by atoms with Crippen LogP contribution in [-0.4, -0.2) is 53.8 Å². The van der Waals surface area contributed by atoms with E-state index in [1.807, 2.05) is 31.2 Å². The van der Waals surface area contributed by atoms with E-state index in [-0.39, 0.29) is 5.91 Å². The van der Waals surface area contributed by atoms with Crippen LogP contribution in [0, 0.1) is 6.92 Å². The molecule has 2 aromatic rings. The van der Waals surface area contributed by atoms with Gasteiger partial charge in [-0.2, -0.15) is 0 Å². The number of carbonyl (C=O) groups is 1. The zero-order valence-corrected chi connectivity index (χ0v) is 12.6. The van der Waals surface area contributed by atoms with Gasteiger partial charge in [-0.15, -0.1) is 0 Å². The van der Waals surface area contributed by atoms with Gasteiger partial charge in [-0.05, 0) is 43.2 Å². The number of carbonyl (C=O) groups excluding carboxylic acids is 1. The molecule has 0 bridgehead atoms. The molecule has 3 rings (SSSR count). The van der Waals surface area contributed by atoms with Crippen molar-refractivity contribution < 1.29 is 8.91 Å². The van der Waals surface area contributed by atoms with E-state index in [0.29, 0.717) is 31.7 Å². The monoisotopic (exact) mass is 298 g/mol. The summed E-state index contributed by atoms with van der Waals surface area (Å²) in [4.78, 5) is 20.0. The van der Waals surface area contributed by atoms with Crippen LogP contribution in [0.2, 0.25) is 0 Å². The minimum Gasteiger partial charge on any atom is -0.336 e. The molecule has 0 atom stereocenters. The van der Waals surface area contributed by atoms with Gasteiger partial charge in [0.25, 0.3) is 5.91 Å². The van der Waals surface area contributed by atoms with Crippen LogP contribution in [0.1, 0.15) is 20.0 Å². The molecule has 0 N–H and O–H groups in total. The molecule has 1 amide bonds. The summed E-state index contributed by atoms with van der Waals surface area (Å²) in [7, 11) is 0. The van der Waals surface area contributed by atoms with Crippen molar-refractivity contribution in [2.75, 3.05) is 33.2 Å². The first kappa shape index (κ1) is 11.4. The van der Waals surface area contributed by atoms with Crippen molar-refractivity contribution in [2.45, 2.75) is 6.92 Å². The normalized spacial score (nSPS) is 18.4. The zero-order chi connectivity index (χ0) is 18.0. The highest BCUT2D eigenvalue weighted by atomic mass is 16.2. The molecule has 1 aliphatic rings. The summed E-state index contributed by atoms with van der Waals surface area (Å²) in [6, 6.07) is 9.52. The summed E-state index contributed by atoms with van der Waals surface area (Å²) >= 11 is 0. The Hall–Kier alpha value is -2.20. The topological polar surface area (TPSA) is 36.4 Å². The molecule has 0 unspecified atom stereocenters. The molecule has 0 aliphatic carbocycles. The fourth-order valence-corrected chi connectivity index (χ4v) is 2.61. The van der Waals surface area contributed by atoms with E-state index in [9.17, 15) is 4.79 Å². The molecule has 1 aromatic heterocycles. The summed E-state index contributed by atoms with van der Waals surface area (Å²) in [5.41, 5.74) is 3.74. The van der Waals surface area contributed by atoms with Crippen LogP contribution in [0.25, 0.3) is 11.1 Å². The van der Waals surface area contributed by atoms with Crippen molar-refractivity contribution >= 4 is 5.91 Å². The molecule has 0 spiro atoms. The predicted octanol–water partition coefficient (Wildman–Crippen LogP) is 2.44. The third kappa shape index (κ3) is 3.17. The first-order valence-corrected chi connectivity index (χ1v) is 7.41. The molecule has 2 heterocycles. The van der Waals surface area contributed by atoms with Crippen LogP contribution < -0.4 is 0 Å². The van der Waals surface area contributed by atoms with Gasteiger partial charge < -0.3 is 9.80 Å². The molecule has 0 radical (unpaired) electrons. The Bertz CT molecular complexity index is 751. The Kier molecular flexibility index (Phi) is 3.25. The summed E-state index contributed by atoms with van der Waals surface area (Å²) in [6.07, 6.45) is 3.61. The van der Waals surface area contributed by atoms with Crippen molar-refractivity contribution in [3.8, 4) is 11.1 Å². The molecule has 1 fully saturated rings. The standard InChI is InChI=1S/C18H21N3O/c1-14-11-17(13-19-12-14)15-3-5-16(6-4-15)18(22)21-9-7-20(2)8-10-21/h3-6,11-13H,7-10H2,1-2H3/i2D3. The highest BCUT2D eigenvalue weighted by molar-refractivity contribution is 5.94. The van der Waals surface area contributed by atoms with Crippen LogP contribution in [0.5, 0.6) is 0 Å². The van der Waals surface area contributed by atoms with E-state index in [1.54, 1.807) is 17.3 Å². The van der Waals surface area contributed by atoms with Crippen LogP contribution in [-0.2, 0) is 0 Å². The van der Waals surface area contributed by atoms with E-state index >= 15 is 0 Å². The Morgan fingerprint density at radius 2 is 1.82 bits per heavy atom. The molecule has 0 saturated carbocycles. The van der Waals surface area contributed by atoms with Crippen molar-refractivity contribution in [1.82, 2.24) is 14.8 Å². The second-order valence-corrected chi connectivity index (χ2v) is 5.61. The van der Waals surface area contributed by atoms with Crippen molar-refractivity contribution in [3.63, 3.8) is 0 Å². The predicted molar refractivity (Wildman–Crippen MR) is 87.8 cm³/mol. The second kappa shape index (κ2) is 6.28. The zero-order valence-electron chi connectivity index (χ0n) is 15.6. The first-order valence-electron chi connectivity index (χ1n) is 8.91. The molecular formula is C18H21N3O. The van der Waals surface area contributed by atoms with E-state index in [1.165, 1.54) is 4.90 Å². The lowest BCUT2D eigenvalue weighted by molar-refractivity contribution is 0.0664. The lowest BCUT2D eigenvalue weighted by Gasteiger charge is -2.32. The summed E-state index contributed by atoms with van der Waals surface area (Å²) in [5, 5.41) is 0. The van der Waals surface area contributed by atoms with Crippen LogP contribution in [0.3, 0.4) is 0 Å². The minimum atomic E-state index is -2.08. The summed E-state index contributed by atoms with van der Waals surface area (Å²) in [6.45, 7) is 1.51. The van der Waals surface area contributed by atoms with Crippen LogP contribution in [0.4, 0.5) is 0 Å². The van der Waals surface area contributed by atoms with Gasteiger partial charge in [-0.1, -0.05) is 12.1 Å². The van der Waals surface area contributed by atoms with E-state index in [0.717, 1.165) is 16.7 Å². The number of rotatable bonds is 2. The lowest BCUT2D eigenvalue weighted by atomic mass is 10.0. The number of pyridine rings is 1. The largest absolute Gasteiger partial charge is 0.336 e. The Balaban J connectivity index is 1.68. The SMILES string of the molecule is [2H]C([2H])([2H])N1CCN(C(=O)c2ccc(-c3cncc(C)c3)cc2)CC1. The van der Waals surface area contributed by atoms with Crippen molar-refractivity contribution in [3.05, 3.63) is 53.9 Å². The van der Waals surface area contributed by atoms with Gasteiger partial charge in [0.2, 0.25) is 0 Å². The first-order chi connectivity index (χ1) is 11.8. The minimum absolute atomic E-state index is 0.0564. The lowest BCUT2D eigenvalue weighted by Crippen LogP contribution is -2.47. The van der Waals surface area contributed by atoms with Gasteiger partial charge in [0, 0.05) is 53.8 Å². The second-order valence-electron chi connectivity index (χ2n) is 5.61. The van der Waals surface area contributed by atoms with Crippen molar-refractivity contribution in [1.29, 1.82) is 0 Å². The number of aryl methyl sites for hydroxylation is 1. The average Bonchev–Trinajstić information content (AvgIpc) is 2.61. The molecule has 1 aromatic carbocycles. The van der Waals surface area contributed by atoms with Crippen LogP contribution in [0.15, 0.2) is 42.7 Å². The van der Waals surface area contributed by atoms with Gasteiger partial charge in [-0.25, -0.2) is 0 Å². The maximum Gasteiger partial charge on any atom is 0.253 e. The van der Waals surface area contributed by atoms with Crippen LogP contribution >= 0.6 is 0 Å². The quantitative estimate of drug-likeness (QED) is 0.854. The molecule has 1 aliphatic heterocycles. The molecule has 4 nitrogen and oxygen atoms in total. The molecular weight excluding hydrogens is 274 g/mol. The summed E-state index contributed by atoms with van der Waals surface area (Å²) in [5.74, 6) is -0.0564. The fourth-order valence-electron chi connectivity index (χ4n) is 2.61. The number of benzene rings is 1. The average molecular weight is 298 g/mol.